The van der Waals surface area contributed by atoms with E-state index in [1.807, 2.05) is 6.07 Å². The second-order valence-electron chi connectivity index (χ2n) is 12.3. The molecule has 0 saturated carbocycles. The lowest BCUT2D eigenvalue weighted by molar-refractivity contribution is 0.0516. The standard InChI is InChI=1S/C34H34Cl2FN3O6/c1-44-23-7-9-38(10-8-23)22-11-27(35)31(28(36)12-22)33(41)39-15-19-3-2-4-24(32(19)46-18-39)25-14-30(26(34(42)43)13-29(25)37)40-20-5-6-21(40)17-45-16-20/h2-4,11-14,20-21,23H,5-10,15-18H2,1H3,(H,42,43). The van der Waals surface area contributed by atoms with Crippen LogP contribution < -0.4 is 14.5 Å². The van der Waals surface area contributed by atoms with Crippen LogP contribution in [-0.4, -0.2) is 80.2 Å². The van der Waals surface area contributed by atoms with Crippen molar-refractivity contribution in [3.05, 3.63) is 75.0 Å². The molecule has 46 heavy (non-hydrogen) atoms. The van der Waals surface area contributed by atoms with Crippen LogP contribution in [0.3, 0.4) is 0 Å². The molecule has 0 aromatic heterocycles. The van der Waals surface area contributed by atoms with Gasteiger partial charge in [0, 0.05) is 42.6 Å². The van der Waals surface area contributed by atoms with E-state index in [2.05, 4.69) is 9.80 Å². The summed E-state index contributed by atoms with van der Waals surface area (Å²) in [6, 6.07) is 11.7. The zero-order valence-corrected chi connectivity index (χ0v) is 26.8. The molecule has 7 rings (SSSR count). The summed E-state index contributed by atoms with van der Waals surface area (Å²) in [4.78, 5) is 31.7. The van der Waals surface area contributed by atoms with E-state index in [1.54, 1.807) is 37.4 Å². The van der Waals surface area contributed by atoms with Gasteiger partial charge in [-0.1, -0.05) is 41.4 Å². The monoisotopic (exact) mass is 669 g/mol. The van der Waals surface area contributed by atoms with Gasteiger partial charge in [-0.2, -0.15) is 0 Å². The number of piperidine rings is 1. The van der Waals surface area contributed by atoms with Crippen molar-refractivity contribution in [1.82, 2.24) is 4.90 Å². The minimum Gasteiger partial charge on any atom is -0.478 e. The number of morpholine rings is 1. The molecule has 1 N–H and O–H groups in total. The molecule has 3 saturated heterocycles. The summed E-state index contributed by atoms with van der Waals surface area (Å²) in [6.45, 7) is 2.69. The van der Waals surface area contributed by atoms with Gasteiger partial charge in [0.2, 0.25) is 0 Å². The predicted molar refractivity (Wildman–Crippen MR) is 173 cm³/mol. The van der Waals surface area contributed by atoms with Crippen molar-refractivity contribution in [2.45, 2.75) is 50.4 Å². The number of carbonyl (C=O) groups is 2. The molecule has 4 heterocycles. The van der Waals surface area contributed by atoms with E-state index in [0.29, 0.717) is 35.8 Å². The summed E-state index contributed by atoms with van der Waals surface area (Å²) in [5.74, 6) is -1.79. The molecule has 9 nitrogen and oxygen atoms in total. The topological polar surface area (TPSA) is 91.8 Å². The average molecular weight is 671 g/mol. The third-order valence-electron chi connectivity index (χ3n) is 9.62. The van der Waals surface area contributed by atoms with Crippen LogP contribution in [0.1, 0.15) is 52.0 Å². The number of hydrogen-bond donors (Lipinski definition) is 1. The first-order valence-corrected chi connectivity index (χ1v) is 16.2. The smallest absolute Gasteiger partial charge is 0.337 e. The van der Waals surface area contributed by atoms with Gasteiger partial charge in [0.15, 0.2) is 6.73 Å². The number of halogens is 3. The molecule has 2 bridgehead atoms. The highest BCUT2D eigenvalue weighted by Crippen LogP contribution is 2.43. The number of rotatable bonds is 6. The number of nitrogens with zero attached hydrogens (tertiary/aromatic N) is 3. The number of benzene rings is 3. The van der Waals surface area contributed by atoms with Crippen molar-refractivity contribution >= 4 is 46.5 Å². The molecular formula is C34H34Cl2FN3O6. The SMILES string of the molecule is COC1CCN(c2cc(Cl)c(C(=O)N3COc4c(cccc4-c4cc(N5C6CCC5COC6)c(C(=O)O)cc4F)C3)c(Cl)c2)CC1. The second kappa shape index (κ2) is 12.6. The molecule has 3 fully saturated rings. The highest BCUT2D eigenvalue weighted by atomic mass is 35.5. The van der Waals surface area contributed by atoms with Gasteiger partial charge >= 0.3 is 5.97 Å². The van der Waals surface area contributed by atoms with Crippen molar-refractivity contribution in [1.29, 1.82) is 0 Å². The van der Waals surface area contributed by atoms with Crippen molar-refractivity contribution in [2.75, 3.05) is 49.9 Å². The van der Waals surface area contributed by atoms with E-state index < -0.39 is 11.8 Å². The maximum absolute atomic E-state index is 15.7. The van der Waals surface area contributed by atoms with Crippen molar-refractivity contribution in [2.24, 2.45) is 0 Å². The number of ether oxygens (including phenoxy) is 3. The Morgan fingerprint density at radius 1 is 0.978 bits per heavy atom. The first-order valence-electron chi connectivity index (χ1n) is 15.5. The van der Waals surface area contributed by atoms with Gasteiger partial charge in [-0.05, 0) is 49.9 Å². The third-order valence-corrected chi connectivity index (χ3v) is 10.2. The molecule has 1 amide bonds. The molecule has 0 spiro atoms. The quantitative estimate of drug-likeness (QED) is 0.319. The Bertz CT molecular complexity index is 1660. The molecule has 0 aliphatic carbocycles. The fourth-order valence-corrected chi connectivity index (χ4v) is 7.88. The van der Waals surface area contributed by atoms with Crippen LogP contribution in [-0.2, 0) is 16.0 Å². The summed E-state index contributed by atoms with van der Waals surface area (Å²) < 4.78 is 33.0. The predicted octanol–water partition coefficient (Wildman–Crippen LogP) is 6.47. The summed E-state index contributed by atoms with van der Waals surface area (Å²) in [5, 5.41) is 10.5. The average Bonchev–Trinajstić information content (AvgIpc) is 3.30. The number of carboxylic acid groups (broad SMARTS) is 1. The Hall–Kier alpha value is -3.57. The zero-order valence-electron chi connectivity index (χ0n) is 25.3. The largest absolute Gasteiger partial charge is 0.478 e. The third kappa shape index (κ3) is 5.55. The fourth-order valence-electron chi connectivity index (χ4n) is 7.25. The maximum atomic E-state index is 15.7. The summed E-state index contributed by atoms with van der Waals surface area (Å²) in [5.41, 5.74) is 2.84. The first-order chi connectivity index (χ1) is 22.2. The van der Waals surface area contributed by atoms with Crippen molar-refractivity contribution < 1.29 is 33.3 Å². The molecule has 12 heteroatoms. The Kier molecular flexibility index (Phi) is 8.48. The summed E-state index contributed by atoms with van der Waals surface area (Å²) in [6.07, 6.45) is 3.78. The number of methoxy groups -OCH3 is 1. The number of fused-ring (bicyclic) bond motifs is 3. The molecule has 4 aliphatic rings. The van der Waals surface area contributed by atoms with Gasteiger partial charge in [-0.25, -0.2) is 9.18 Å². The van der Waals surface area contributed by atoms with Gasteiger partial charge < -0.3 is 34.0 Å². The zero-order chi connectivity index (χ0) is 32.1. The number of aromatic carboxylic acids is 1. The molecule has 4 aliphatic heterocycles. The van der Waals surface area contributed by atoms with E-state index in [9.17, 15) is 14.7 Å². The fraction of sp³-hybridized carbons (Fsp3) is 0.412. The minimum atomic E-state index is -1.19. The van der Waals surface area contributed by atoms with Crippen LogP contribution in [0.2, 0.25) is 10.0 Å². The van der Waals surface area contributed by atoms with Gasteiger partial charge in [0.05, 0.1) is 64.8 Å². The van der Waals surface area contributed by atoms with Crippen LogP contribution >= 0.6 is 23.2 Å². The van der Waals surface area contributed by atoms with Crippen LogP contribution in [0.4, 0.5) is 15.8 Å². The lowest BCUT2D eigenvalue weighted by Gasteiger charge is -2.37. The minimum absolute atomic E-state index is 0.0336. The maximum Gasteiger partial charge on any atom is 0.337 e. The normalized spacial score (nSPS) is 21.3. The Labute approximate surface area is 276 Å². The summed E-state index contributed by atoms with van der Waals surface area (Å²) >= 11 is 13.3. The molecule has 3 aromatic carbocycles. The number of anilines is 2. The van der Waals surface area contributed by atoms with Crippen LogP contribution in [0.15, 0.2) is 42.5 Å². The van der Waals surface area contributed by atoms with E-state index in [-0.39, 0.29) is 64.1 Å². The van der Waals surface area contributed by atoms with Crippen molar-refractivity contribution in [3.8, 4) is 16.9 Å². The highest BCUT2D eigenvalue weighted by Gasteiger charge is 2.40. The van der Waals surface area contributed by atoms with E-state index >= 15 is 4.39 Å². The van der Waals surface area contributed by atoms with Gasteiger partial charge in [0.25, 0.3) is 5.91 Å². The number of amides is 1. The Morgan fingerprint density at radius 3 is 2.33 bits per heavy atom. The van der Waals surface area contributed by atoms with E-state index in [4.69, 9.17) is 37.4 Å². The number of carboxylic acids is 1. The highest BCUT2D eigenvalue weighted by molar-refractivity contribution is 6.40. The van der Waals surface area contributed by atoms with Crippen LogP contribution in [0.5, 0.6) is 5.75 Å². The van der Waals surface area contributed by atoms with E-state index in [0.717, 1.165) is 50.5 Å². The molecule has 2 atom stereocenters. The molecular weight excluding hydrogens is 636 g/mol. The number of para-hydroxylation sites is 1. The second-order valence-corrected chi connectivity index (χ2v) is 13.1. The number of hydrogen-bond acceptors (Lipinski definition) is 7. The lowest BCUT2D eigenvalue weighted by atomic mass is 9.96. The van der Waals surface area contributed by atoms with Gasteiger partial charge in [0.1, 0.15) is 11.6 Å². The lowest BCUT2D eigenvalue weighted by Crippen LogP contribution is -2.46. The molecule has 242 valence electrons. The number of carbonyl (C=O) groups excluding carboxylic acids is 1. The first kappa shape index (κ1) is 31.1. The van der Waals surface area contributed by atoms with Gasteiger partial charge in [-0.3, -0.25) is 4.79 Å². The Morgan fingerprint density at radius 2 is 1.67 bits per heavy atom. The van der Waals surface area contributed by atoms with Crippen molar-refractivity contribution in [3.63, 3.8) is 0 Å². The van der Waals surface area contributed by atoms with E-state index in [1.165, 1.54) is 4.90 Å². The van der Waals surface area contributed by atoms with Crippen LogP contribution in [0, 0.1) is 5.82 Å². The molecule has 2 unspecified atom stereocenters. The molecule has 0 radical (unpaired) electrons. The molecule has 3 aromatic rings. The van der Waals surface area contributed by atoms with Gasteiger partial charge in [-0.15, -0.1) is 0 Å². The van der Waals surface area contributed by atoms with Crippen LogP contribution in [0.25, 0.3) is 11.1 Å². The summed E-state index contributed by atoms with van der Waals surface area (Å²) in [7, 11) is 1.72. The Balaban J connectivity index is 1.16.